The van der Waals surface area contributed by atoms with Crippen LogP contribution in [0.2, 0.25) is 0 Å². The lowest BCUT2D eigenvalue weighted by Crippen LogP contribution is -2.50. The summed E-state index contributed by atoms with van der Waals surface area (Å²) in [6.45, 7) is 0. The van der Waals surface area contributed by atoms with Gasteiger partial charge < -0.3 is 9.52 Å². The standard InChI is InChI=1S/C15H11N5O2/c16-20-9-12(10-3-1-4-11(21)7-10)17-8-14(20)18-15(19-20)13-5-2-6-22-13/h1-9H,16H2/p+1. The molecule has 2 aromatic rings. The molecule has 1 aromatic heterocycles. The number of hydrogen-bond acceptors (Lipinski definition) is 6. The fraction of sp³-hybridized carbons (Fsp3) is 0. The maximum atomic E-state index is 9.58. The molecule has 7 heteroatoms. The highest BCUT2D eigenvalue weighted by molar-refractivity contribution is 6.32. The van der Waals surface area contributed by atoms with Crippen molar-refractivity contribution in [3.63, 3.8) is 0 Å². The van der Waals surface area contributed by atoms with E-state index in [1.54, 1.807) is 49.0 Å². The molecule has 3 N–H and O–H groups in total. The second kappa shape index (κ2) is 4.48. The van der Waals surface area contributed by atoms with E-state index in [0.29, 0.717) is 23.1 Å². The second-order valence-corrected chi connectivity index (χ2v) is 4.93. The van der Waals surface area contributed by atoms with Gasteiger partial charge in [0.1, 0.15) is 17.7 Å². The van der Waals surface area contributed by atoms with E-state index in [-0.39, 0.29) is 10.5 Å². The number of phenols is 1. The van der Waals surface area contributed by atoms with Crippen LogP contribution in [0.4, 0.5) is 0 Å². The van der Waals surface area contributed by atoms with Gasteiger partial charge in [-0.05, 0) is 34.1 Å². The van der Waals surface area contributed by atoms with Gasteiger partial charge in [-0.15, -0.1) is 5.84 Å². The first kappa shape index (κ1) is 12.7. The van der Waals surface area contributed by atoms with Gasteiger partial charge in [0, 0.05) is 5.56 Å². The van der Waals surface area contributed by atoms with E-state index < -0.39 is 0 Å². The molecule has 3 heterocycles. The second-order valence-electron chi connectivity index (χ2n) is 4.93. The topological polar surface area (TPSA) is 96.5 Å². The summed E-state index contributed by atoms with van der Waals surface area (Å²) < 4.78 is 4.97. The summed E-state index contributed by atoms with van der Waals surface area (Å²) in [5.41, 5.74) is 1.36. The maximum absolute atomic E-state index is 9.58. The minimum Gasteiger partial charge on any atom is -0.508 e. The number of nitrogens with two attached hydrogens (primary N) is 1. The van der Waals surface area contributed by atoms with Gasteiger partial charge in [0.15, 0.2) is 12.0 Å². The van der Waals surface area contributed by atoms with Crippen LogP contribution in [0.25, 0.3) is 5.70 Å². The molecule has 2 aliphatic heterocycles. The van der Waals surface area contributed by atoms with Crippen molar-refractivity contribution in [3.05, 3.63) is 60.2 Å². The molecular formula is C15H12N5O2+. The molecule has 1 atom stereocenters. The number of phenolic OH excluding ortho intramolecular Hbond substituents is 1. The molecular weight excluding hydrogens is 282 g/mol. The molecule has 0 saturated carbocycles. The first-order valence-electron chi connectivity index (χ1n) is 6.61. The van der Waals surface area contributed by atoms with Crippen molar-refractivity contribution in [1.29, 1.82) is 0 Å². The van der Waals surface area contributed by atoms with E-state index in [9.17, 15) is 5.11 Å². The number of amidine groups is 2. The zero-order valence-corrected chi connectivity index (χ0v) is 11.4. The smallest absolute Gasteiger partial charge is 0.300 e. The van der Waals surface area contributed by atoms with Crippen molar-refractivity contribution in [3.8, 4) is 5.75 Å². The Labute approximate surface area is 125 Å². The number of quaternary nitrogens is 1. The molecule has 0 bridgehead atoms. The van der Waals surface area contributed by atoms with Gasteiger partial charge in [0.25, 0.3) is 11.7 Å². The van der Waals surface area contributed by atoms with Crippen LogP contribution in [-0.4, -0.2) is 27.7 Å². The minimum absolute atomic E-state index is 0.165. The van der Waals surface area contributed by atoms with Gasteiger partial charge in [-0.25, -0.2) is 4.99 Å². The van der Waals surface area contributed by atoms with Gasteiger partial charge in [-0.1, -0.05) is 12.1 Å². The van der Waals surface area contributed by atoms with Crippen LogP contribution in [0, 0.1) is 0 Å². The zero-order valence-electron chi connectivity index (χ0n) is 11.4. The van der Waals surface area contributed by atoms with Crippen molar-refractivity contribution >= 4 is 23.6 Å². The Morgan fingerprint density at radius 2 is 2.09 bits per heavy atom. The van der Waals surface area contributed by atoms with Crippen LogP contribution < -0.4 is 5.84 Å². The van der Waals surface area contributed by atoms with Gasteiger partial charge in [0.2, 0.25) is 0 Å². The quantitative estimate of drug-likeness (QED) is 0.653. The fourth-order valence-corrected chi connectivity index (χ4v) is 2.31. The number of nitrogens with zero attached hydrogens (tertiary/aromatic N) is 4. The average Bonchev–Trinajstić information content (AvgIpc) is 3.12. The molecule has 108 valence electrons. The monoisotopic (exact) mass is 294 g/mol. The highest BCUT2D eigenvalue weighted by atomic mass is 16.3. The predicted octanol–water partition coefficient (Wildman–Crippen LogP) is 1.83. The molecule has 0 fully saturated rings. The van der Waals surface area contributed by atoms with E-state index >= 15 is 0 Å². The third kappa shape index (κ3) is 1.96. The maximum Gasteiger partial charge on any atom is 0.300 e. The van der Waals surface area contributed by atoms with Crippen LogP contribution in [0.1, 0.15) is 11.3 Å². The van der Waals surface area contributed by atoms with Crippen molar-refractivity contribution in [2.45, 2.75) is 0 Å². The van der Waals surface area contributed by atoms with Gasteiger partial charge >= 0.3 is 0 Å². The van der Waals surface area contributed by atoms with E-state index in [1.807, 2.05) is 6.07 Å². The molecule has 1 aromatic carbocycles. The Hall–Kier alpha value is -3.03. The highest BCUT2D eigenvalue weighted by Crippen LogP contribution is 2.27. The zero-order chi connectivity index (χ0) is 15.2. The normalized spacial score (nSPS) is 22.9. The predicted molar refractivity (Wildman–Crippen MR) is 81.7 cm³/mol. The lowest BCUT2D eigenvalue weighted by molar-refractivity contribution is -0.802. The van der Waals surface area contributed by atoms with Crippen LogP contribution in [0.3, 0.4) is 0 Å². The third-order valence-corrected chi connectivity index (χ3v) is 3.37. The molecule has 0 saturated heterocycles. The molecule has 2 aliphatic rings. The molecule has 22 heavy (non-hydrogen) atoms. The van der Waals surface area contributed by atoms with Gasteiger partial charge in [-0.2, -0.15) is 4.99 Å². The van der Waals surface area contributed by atoms with Crippen molar-refractivity contribution in [1.82, 2.24) is 0 Å². The van der Waals surface area contributed by atoms with Crippen LogP contribution in [0.15, 0.2) is 68.4 Å². The largest absolute Gasteiger partial charge is 0.508 e. The van der Waals surface area contributed by atoms with Gasteiger partial charge in [0.05, 0.1) is 6.26 Å². The highest BCUT2D eigenvalue weighted by Gasteiger charge is 2.40. The number of furan rings is 1. The number of aromatic hydroxyl groups is 1. The first-order valence-corrected chi connectivity index (χ1v) is 6.61. The fourth-order valence-electron chi connectivity index (χ4n) is 2.31. The minimum atomic E-state index is -0.329. The molecule has 0 spiro atoms. The Balaban J connectivity index is 1.77. The molecule has 4 rings (SSSR count). The summed E-state index contributed by atoms with van der Waals surface area (Å²) in [6.07, 6.45) is 4.79. The van der Waals surface area contributed by atoms with E-state index in [4.69, 9.17) is 10.3 Å². The van der Waals surface area contributed by atoms with Crippen LogP contribution in [0.5, 0.6) is 5.75 Å². The molecule has 1 unspecified atom stereocenters. The molecule has 0 aliphatic carbocycles. The Bertz CT molecular complexity index is 864. The Kier molecular flexibility index (Phi) is 2.59. The van der Waals surface area contributed by atoms with Crippen LogP contribution >= 0.6 is 0 Å². The van der Waals surface area contributed by atoms with E-state index in [1.165, 1.54) is 0 Å². The average molecular weight is 294 g/mol. The number of rotatable bonds is 2. The number of fused-ring (bicyclic) bond motifs is 1. The lowest BCUT2D eigenvalue weighted by Gasteiger charge is -2.19. The summed E-state index contributed by atoms with van der Waals surface area (Å²) in [6, 6.07) is 10.3. The summed E-state index contributed by atoms with van der Waals surface area (Å²) in [4.78, 5) is 8.69. The van der Waals surface area contributed by atoms with E-state index in [2.05, 4.69) is 15.1 Å². The van der Waals surface area contributed by atoms with Crippen molar-refractivity contribution in [2.24, 2.45) is 20.9 Å². The van der Waals surface area contributed by atoms with E-state index in [0.717, 1.165) is 5.56 Å². The Morgan fingerprint density at radius 3 is 2.86 bits per heavy atom. The SMILES string of the molecule is N[N+]12C=C(c3cccc(O)c3)N=CC1=NC(c1ccco1)=N2. The summed E-state index contributed by atoms with van der Waals surface area (Å²) >= 11 is 0. The number of hydrogen-bond donors (Lipinski definition) is 2. The summed E-state index contributed by atoms with van der Waals surface area (Å²) in [5.74, 6) is 7.90. The molecule has 0 amide bonds. The first-order chi connectivity index (χ1) is 10.6. The third-order valence-electron chi connectivity index (χ3n) is 3.37. The summed E-state index contributed by atoms with van der Waals surface area (Å²) in [5, 5.41) is 14.0. The van der Waals surface area contributed by atoms with Crippen molar-refractivity contribution < 1.29 is 14.2 Å². The van der Waals surface area contributed by atoms with Crippen LogP contribution in [-0.2, 0) is 0 Å². The number of benzene rings is 1. The van der Waals surface area contributed by atoms with Gasteiger partial charge in [-0.3, -0.25) is 0 Å². The Morgan fingerprint density at radius 1 is 1.18 bits per heavy atom. The number of aliphatic imine (C=N–C) groups is 2. The molecule has 7 nitrogen and oxygen atoms in total. The van der Waals surface area contributed by atoms with Crippen molar-refractivity contribution in [2.75, 3.05) is 0 Å². The summed E-state index contributed by atoms with van der Waals surface area (Å²) in [7, 11) is 0. The molecule has 0 radical (unpaired) electrons. The lowest BCUT2D eigenvalue weighted by atomic mass is 10.1.